The number of ketones is 1. The van der Waals surface area contributed by atoms with Gasteiger partial charge in [0.05, 0.1) is 12.2 Å². The fourth-order valence-corrected chi connectivity index (χ4v) is 2.04. The van der Waals surface area contributed by atoms with Crippen LogP contribution in [0.5, 0.6) is 0 Å². The zero-order valence-corrected chi connectivity index (χ0v) is 13.3. The number of halogens is 6. The predicted octanol–water partition coefficient (Wildman–Crippen LogP) is 3.50. The van der Waals surface area contributed by atoms with Gasteiger partial charge in [-0.2, -0.15) is 13.2 Å². The van der Waals surface area contributed by atoms with E-state index in [-0.39, 0.29) is 18.7 Å². The molecule has 1 N–H and O–H groups in total. The number of Topliss-reactive ketones (excluding diaryl/α,β-unsaturated/α-hetero) is 1. The maximum Gasteiger partial charge on any atom is 0.422 e. The van der Waals surface area contributed by atoms with Gasteiger partial charge >= 0.3 is 12.1 Å². The SMILES string of the molecule is CCOC(=O)C(=CNC1CC1)C(=O)c1cc(F)c(F)c(C(F)(F)F)c1F. The maximum atomic E-state index is 14.1. The van der Waals surface area contributed by atoms with E-state index in [0.717, 1.165) is 19.0 Å². The fraction of sp³-hybridized carbons (Fsp3) is 0.375. The highest BCUT2D eigenvalue weighted by Gasteiger charge is 2.42. The number of nitrogens with one attached hydrogen (secondary N) is 1. The molecular weight excluding hydrogens is 368 g/mol. The first kappa shape index (κ1) is 19.8. The number of alkyl halides is 3. The molecule has 0 atom stereocenters. The number of benzene rings is 1. The van der Waals surface area contributed by atoms with E-state index >= 15 is 0 Å². The van der Waals surface area contributed by atoms with Crippen LogP contribution in [0.25, 0.3) is 0 Å². The first-order valence-corrected chi connectivity index (χ1v) is 7.50. The van der Waals surface area contributed by atoms with Gasteiger partial charge in [-0.1, -0.05) is 0 Å². The molecule has 0 saturated heterocycles. The Hall–Kier alpha value is -2.52. The lowest BCUT2D eigenvalue weighted by Crippen LogP contribution is -2.23. The molecule has 1 aromatic carbocycles. The Morgan fingerprint density at radius 2 is 1.85 bits per heavy atom. The van der Waals surface area contributed by atoms with Gasteiger partial charge in [0, 0.05) is 12.2 Å². The molecule has 1 fully saturated rings. The number of ether oxygens (including phenoxy) is 1. The highest BCUT2D eigenvalue weighted by atomic mass is 19.4. The summed E-state index contributed by atoms with van der Waals surface area (Å²) >= 11 is 0. The third-order valence-corrected chi connectivity index (χ3v) is 3.46. The number of esters is 1. The highest BCUT2D eigenvalue weighted by Crippen LogP contribution is 2.36. The van der Waals surface area contributed by atoms with E-state index < -0.39 is 52.1 Å². The third kappa shape index (κ3) is 4.17. The van der Waals surface area contributed by atoms with E-state index in [1.165, 1.54) is 6.92 Å². The summed E-state index contributed by atoms with van der Waals surface area (Å²) in [5, 5.41) is 2.64. The summed E-state index contributed by atoms with van der Waals surface area (Å²) < 4.78 is 84.0. The average molecular weight is 381 g/mol. The third-order valence-electron chi connectivity index (χ3n) is 3.46. The Balaban J connectivity index is 2.53. The number of hydrogen-bond donors (Lipinski definition) is 1. The van der Waals surface area contributed by atoms with Crippen LogP contribution in [-0.2, 0) is 15.7 Å². The number of rotatable bonds is 6. The van der Waals surface area contributed by atoms with Crippen LogP contribution < -0.4 is 5.32 Å². The molecule has 1 saturated carbocycles. The molecule has 4 nitrogen and oxygen atoms in total. The second-order valence-corrected chi connectivity index (χ2v) is 5.46. The topological polar surface area (TPSA) is 55.4 Å². The minimum atomic E-state index is -5.58. The van der Waals surface area contributed by atoms with Gasteiger partial charge in [0.25, 0.3) is 0 Å². The molecule has 10 heteroatoms. The molecule has 26 heavy (non-hydrogen) atoms. The lowest BCUT2D eigenvalue weighted by Gasteiger charge is -2.13. The normalized spacial score (nSPS) is 15.0. The molecule has 0 amide bonds. The molecule has 0 aromatic heterocycles. The molecule has 0 heterocycles. The molecule has 0 aliphatic heterocycles. The number of hydrogen-bond acceptors (Lipinski definition) is 4. The van der Waals surface area contributed by atoms with E-state index in [4.69, 9.17) is 0 Å². The van der Waals surface area contributed by atoms with Gasteiger partial charge in [0.1, 0.15) is 17.0 Å². The van der Waals surface area contributed by atoms with Crippen molar-refractivity contribution in [2.24, 2.45) is 0 Å². The van der Waals surface area contributed by atoms with E-state index in [1.54, 1.807) is 0 Å². The molecule has 2 rings (SSSR count). The number of carbonyl (C=O) groups excluding carboxylic acids is 2. The summed E-state index contributed by atoms with van der Waals surface area (Å²) in [6, 6.07) is -0.0698. The Morgan fingerprint density at radius 1 is 1.23 bits per heavy atom. The summed E-state index contributed by atoms with van der Waals surface area (Å²) in [5.41, 5.74) is -4.79. The Labute approximate surface area is 143 Å². The highest BCUT2D eigenvalue weighted by molar-refractivity contribution is 6.24. The summed E-state index contributed by atoms with van der Waals surface area (Å²) in [4.78, 5) is 24.2. The van der Waals surface area contributed by atoms with Crippen molar-refractivity contribution in [2.45, 2.75) is 32.0 Å². The van der Waals surface area contributed by atoms with Crippen LogP contribution in [-0.4, -0.2) is 24.4 Å². The van der Waals surface area contributed by atoms with Crippen LogP contribution in [0.1, 0.15) is 35.7 Å². The molecule has 0 bridgehead atoms. The fourth-order valence-electron chi connectivity index (χ4n) is 2.04. The molecule has 1 aliphatic rings. The Bertz CT molecular complexity index is 768. The molecule has 0 radical (unpaired) electrons. The van der Waals surface area contributed by atoms with Crippen LogP contribution in [0.3, 0.4) is 0 Å². The average Bonchev–Trinajstić information content (AvgIpc) is 3.34. The zero-order chi connectivity index (χ0) is 19.6. The van der Waals surface area contributed by atoms with Crippen molar-refractivity contribution in [3.63, 3.8) is 0 Å². The Kier molecular flexibility index (Phi) is 5.62. The lowest BCUT2D eigenvalue weighted by atomic mass is 9.99. The largest absolute Gasteiger partial charge is 0.462 e. The van der Waals surface area contributed by atoms with Gasteiger partial charge in [-0.25, -0.2) is 18.0 Å². The van der Waals surface area contributed by atoms with Gasteiger partial charge in [0.15, 0.2) is 11.6 Å². The van der Waals surface area contributed by atoms with Crippen molar-refractivity contribution in [1.82, 2.24) is 5.32 Å². The van der Waals surface area contributed by atoms with Crippen molar-refractivity contribution in [1.29, 1.82) is 0 Å². The monoisotopic (exact) mass is 381 g/mol. The smallest absolute Gasteiger partial charge is 0.422 e. The van der Waals surface area contributed by atoms with Gasteiger partial charge in [-0.3, -0.25) is 4.79 Å². The van der Waals surface area contributed by atoms with E-state index in [1.807, 2.05) is 0 Å². The van der Waals surface area contributed by atoms with Crippen molar-refractivity contribution >= 4 is 11.8 Å². The number of carbonyl (C=O) groups is 2. The predicted molar refractivity (Wildman–Crippen MR) is 76.5 cm³/mol. The van der Waals surface area contributed by atoms with Gasteiger partial charge < -0.3 is 10.1 Å². The van der Waals surface area contributed by atoms with E-state index in [2.05, 4.69) is 10.1 Å². The van der Waals surface area contributed by atoms with Crippen LogP contribution in [0.4, 0.5) is 26.3 Å². The maximum absolute atomic E-state index is 14.1. The summed E-state index contributed by atoms with van der Waals surface area (Å²) in [7, 11) is 0. The first-order valence-electron chi connectivity index (χ1n) is 7.50. The zero-order valence-electron chi connectivity index (χ0n) is 13.3. The summed E-state index contributed by atoms with van der Waals surface area (Å²) in [6.45, 7) is 1.25. The van der Waals surface area contributed by atoms with E-state index in [0.29, 0.717) is 0 Å². The molecule has 0 spiro atoms. The van der Waals surface area contributed by atoms with Gasteiger partial charge in [-0.15, -0.1) is 0 Å². The van der Waals surface area contributed by atoms with Crippen molar-refractivity contribution in [3.8, 4) is 0 Å². The first-order chi connectivity index (χ1) is 12.1. The standard InChI is InChI=1S/C16H13F6NO3/c1-2-26-15(25)9(6-23-7-3-4-7)14(24)8-5-10(17)13(19)11(12(8)18)16(20,21)22/h5-7,23H,2-4H2,1H3. The van der Waals surface area contributed by atoms with Gasteiger partial charge in [0.2, 0.25) is 5.78 Å². The van der Waals surface area contributed by atoms with Crippen LogP contribution in [0, 0.1) is 17.5 Å². The molecule has 1 aromatic rings. The molecule has 142 valence electrons. The minimum absolute atomic E-state index is 0.0214. The van der Waals surface area contributed by atoms with Crippen molar-refractivity contribution in [3.05, 3.63) is 46.4 Å². The van der Waals surface area contributed by atoms with Crippen LogP contribution in [0.2, 0.25) is 0 Å². The van der Waals surface area contributed by atoms with Crippen molar-refractivity contribution in [2.75, 3.05) is 6.61 Å². The van der Waals surface area contributed by atoms with Crippen molar-refractivity contribution < 1.29 is 40.7 Å². The molecule has 1 aliphatic carbocycles. The van der Waals surface area contributed by atoms with Crippen LogP contribution in [0.15, 0.2) is 17.8 Å². The quantitative estimate of drug-likeness (QED) is 0.156. The summed E-state index contributed by atoms with van der Waals surface area (Å²) in [6.07, 6.45) is -3.23. The second kappa shape index (κ2) is 7.38. The van der Waals surface area contributed by atoms with Gasteiger partial charge in [-0.05, 0) is 25.8 Å². The minimum Gasteiger partial charge on any atom is -0.462 e. The molecular formula is C16H13F6NO3. The van der Waals surface area contributed by atoms with Crippen LogP contribution >= 0.6 is 0 Å². The second-order valence-electron chi connectivity index (χ2n) is 5.46. The summed E-state index contributed by atoms with van der Waals surface area (Å²) in [5.74, 6) is -9.63. The molecule has 0 unspecified atom stereocenters. The Morgan fingerprint density at radius 3 is 2.35 bits per heavy atom. The van der Waals surface area contributed by atoms with E-state index in [9.17, 15) is 35.9 Å². The lowest BCUT2D eigenvalue weighted by molar-refractivity contribution is -0.142.